The van der Waals surface area contributed by atoms with Crippen molar-refractivity contribution in [2.75, 3.05) is 6.67 Å². The van der Waals surface area contributed by atoms with Crippen molar-refractivity contribution in [1.82, 2.24) is 5.48 Å². The normalized spacial score (nSPS) is 15.5. The number of aliphatic hydroxyl groups is 1. The summed E-state index contributed by atoms with van der Waals surface area (Å²) in [6, 6.07) is 22.4. The minimum absolute atomic E-state index is 0.184. The molecule has 0 bridgehead atoms. The Bertz CT molecular complexity index is 1000. The van der Waals surface area contributed by atoms with Crippen molar-refractivity contribution in [2.24, 2.45) is 5.41 Å². The van der Waals surface area contributed by atoms with Gasteiger partial charge < -0.3 is 5.11 Å². The second kappa shape index (κ2) is 8.31. The van der Waals surface area contributed by atoms with Gasteiger partial charge in [0.1, 0.15) is 12.3 Å². The summed E-state index contributed by atoms with van der Waals surface area (Å²) in [4.78, 5) is 12.2. The summed E-state index contributed by atoms with van der Waals surface area (Å²) in [6.07, 6.45) is 0.639. The molecule has 0 aliphatic heterocycles. The average molecular weight is 395 g/mol. The molecule has 4 nitrogen and oxygen atoms in total. The van der Waals surface area contributed by atoms with Crippen molar-refractivity contribution in [2.45, 2.75) is 32.3 Å². The molecule has 0 aliphatic carbocycles. The number of halogens is 1. The van der Waals surface area contributed by atoms with Crippen LogP contribution in [0, 0.1) is 5.41 Å². The summed E-state index contributed by atoms with van der Waals surface area (Å²) in [5.74, 6) is -0.798. The summed E-state index contributed by atoms with van der Waals surface area (Å²) >= 11 is 0. The van der Waals surface area contributed by atoms with E-state index in [-0.39, 0.29) is 6.42 Å². The third kappa shape index (κ3) is 4.16. The molecule has 3 aromatic carbocycles. The molecule has 0 saturated carbocycles. The predicted molar refractivity (Wildman–Crippen MR) is 112 cm³/mol. The van der Waals surface area contributed by atoms with Crippen molar-refractivity contribution in [1.29, 1.82) is 0 Å². The molecule has 0 heterocycles. The molecule has 0 fully saturated rings. The number of fused-ring (bicyclic) bond motifs is 1. The Morgan fingerprint density at radius 1 is 0.966 bits per heavy atom. The van der Waals surface area contributed by atoms with Crippen LogP contribution in [0.2, 0.25) is 0 Å². The minimum atomic E-state index is -1.89. The number of aryl methyl sites for hydroxylation is 1. The van der Waals surface area contributed by atoms with E-state index in [1.54, 1.807) is 5.48 Å². The lowest BCUT2D eigenvalue weighted by Gasteiger charge is -2.39. The topological polar surface area (TPSA) is 69.6 Å². The molecule has 2 atom stereocenters. The highest BCUT2D eigenvalue weighted by atomic mass is 19.1. The second-order valence-electron chi connectivity index (χ2n) is 7.94. The number of hydrogen-bond acceptors (Lipinski definition) is 3. The fraction of sp³-hybridized carbons (Fsp3) is 0.292. The van der Waals surface area contributed by atoms with Crippen molar-refractivity contribution in [3.63, 3.8) is 0 Å². The lowest BCUT2D eigenvalue weighted by molar-refractivity contribution is -0.158. The van der Waals surface area contributed by atoms with Crippen LogP contribution in [0.1, 0.15) is 25.8 Å². The van der Waals surface area contributed by atoms with Gasteiger partial charge in [-0.25, -0.2) is 9.87 Å². The lowest BCUT2D eigenvalue weighted by Crippen LogP contribution is -2.54. The van der Waals surface area contributed by atoms with E-state index in [9.17, 15) is 14.3 Å². The molecule has 0 aromatic heterocycles. The number of carbonyl (C=O) groups is 1. The van der Waals surface area contributed by atoms with Crippen LogP contribution in [-0.4, -0.2) is 28.5 Å². The smallest absolute Gasteiger partial charge is 0.252 e. The Morgan fingerprint density at radius 2 is 1.62 bits per heavy atom. The molecule has 0 saturated heterocycles. The van der Waals surface area contributed by atoms with Gasteiger partial charge in [-0.05, 0) is 60.2 Å². The summed E-state index contributed by atoms with van der Waals surface area (Å²) in [5.41, 5.74) is 1.47. The van der Waals surface area contributed by atoms with E-state index in [2.05, 4.69) is 30.3 Å². The number of carbonyl (C=O) groups excluding carboxylic acids is 1. The first kappa shape index (κ1) is 21.0. The van der Waals surface area contributed by atoms with Gasteiger partial charge in [-0.1, -0.05) is 60.7 Å². The zero-order chi connectivity index (χ0) is 21.1. The van der Waals surface area contributed by atoms with Crippen LogP contribution in [-0.2, 0) is 11.2 Å². The van der Waals surface area contributed by atoms with Crippen molar-refractivity contribution in [3.8, 4) is 11.1 Å². The second-order valence-corrected chi connectivity index (χ2v) is 7.94. The van der Waals surface area contributed by atoms with Crippen LogP contribution in [0.15, 0.2) is 66.7 Å². The monoisotopic (exact) mass is 395 g/mol. The van der Waals surface area contributed by atoms with E-state index in [4.69, 9.17) is 5.21 Å². The number of nitrogens with one attached hydrogen (secondary N) is 1. The Labute approximate surface area is 170 Å². The first-order valence-electron chi connectivity index (χ1n) is 9.62. The van der Waals surface area contributed by atoms with Crippen LogP contribution in [0.25, 0.3) is 21.9 Å². The van der Waals surface area contributed by atoms with Crippen molar-refractivity contribution < 1.29 is 19.5 Å². The third-order valence-corrected chi connectivity index (χ3v) is 5.98. The SMILES string of the molecule is C[C@@](O)(CF)[C@](C)(CCc1ccc2cc(-c3ccccc3)ccc2c1)C(=O)NO. The van der Waals surface area contributed by atoms with E-state index in [1.165, 1.54) is 13.8 Å². The molecular formula is C24H26FNO3. The first-order valence-corrected chi connectivity index (χ1v) is 9.62. The molecule has 29 heavy (non-hydrogen) atoms. The first-order chi connectivity index (χ1) is 13.8. The van der Waals surface area contributed by atoms with E-state index in [0.717, 1.165) is 27.5 Å². The summed E-state index contributed by atoms with van der Waals surface area (Å²) < 4.78 is 13.4. The van der Waals surface area contributed by atoms with Gasteiger partial charge in [-0.3, -0.25) is 10.0 Å². The largest absolute Gasteiger partial charge is 0.386 e. The number of hydrogen-bond donors (Lipinski definition) is 3. The fourth-order valence-electron chi connectivity index (χ4n) is 3.55. The number of benzene rings is 3. The van der Waals surface area contributed by atoms with Crippen LogP contribution in [0.4, 0.5) is 4.39 Å². The number of rotatable bonds is 7. The molecule has 3 N–H and O–H groups in total. The molecule has 152 valence electrons. The summed E-state index contributed by atoms with van der Waals surface area (Å²) in [7, 11) is 0. The standard InChI is InChI=1S/C24H26FNO3/c1-23(22(27)26-29,24(2,28)16-25)13-12-17-8-9-21-15-20(11-10-19(21)14-17)18-6-4-3-5-7-18/h3-11,14-15,28-29H,12-13,16H2,1-2H3,(H,26,27)/t23-,24-/m1/s1. The quantitative estimate of drug-likeness (QED) is 0.402. The molecule has 3 aromatic rings. The predicted octanol–water partition coefficient (Wildman–Crippen LogP) is 4.67. The molecule has 0 aliphatic rings. The number of alkyl halides is 1. The van der Waals surface area contributed by atoms with Gasteiger partial charge in [-0.2, -0.15) is 0 Å². The van der Waals surface area contributed by atoms with E-state index < -0.39 is 23.6 Å². The highest BCUT2D eigenvalue weighted by molar-refractivity contribution is 5.88. The lowest BCUT2D eigenvalue weighted by atomic mass is 9.70. The van der Waals surface area contributed by atoms with E-state index in [0.29, 0.717) is 6.42 Å². The minimum Gasteiger partial charge on any atom is -0.386 e. The van der Waals surface area contributed by atoms with Gasteiger partial charge in [0, 0.05) is 0 Å². The van der Waals surface area contributed by atoms with Gasteiger partial charge in [0.2, 0.25) is 0 Å². The Kier molecular flexibility index (Phi) is 6.01. The maximum Gasteiger partial charge on any atom is 0.252 e. The molecule has 0 unspecified atom stereocenters. The fourth-order valence-corrected chi connectivity index (χ4v) is 3.55. The maximum atomic E-state index is 13.4. The third-order valence-electron chi connectivity index (χ3n) is 5.98. The van der Waals surface area contributed by atoms with Crippen LogP contribution in [0.3, 0.4) is 0 Å². The van der Waals surface area contributed by atoms with E-state index in [1.807, 2.05) is 36.4 Å². The Hall–Kier alpha value is -2.76. The van der Waals surface area contributed by atoms with Gasteiger partial charge in [0.05, 0.1) is 5.41 Å². The van der Waals surface area contributed by atoms with Crippen molar-refractivity contribution >= 4 is 16.7 Å². The molecule has 5 heteroatoms. The Morgan fingerprint density at radius 3 is 2.28 bits per heavy atom. The summed E-state index contributed by atoms with van der Waals surface area (Å²) in [6.45, 7) is 1.65. The van der Waals surface area contributed by atoms with Gasteiger partial charge in [0.15, 0.2) is 0 Å². The van der Waals surface area contributed by atoms with Crippen molar-refractivity contribution in [3.05, 3.63) is 72.3 Å². The average Bonchev–Trinajstić information content (AvgIpc) is 2.76. The molecule has 3 rings (SSSR count). The van der Waals surface area contributed by atoms with Crippen LogP contribution >= 0.6 is 0 Å². The maximum absolute atomic E-state index is 13.4. The molecule has 0 radical (unpaired) electrons. The van der Waals surface area contributed by atoms with Crippen LogP contribution < -0.4 is 5.48 Å². The zero-order valence-electron chi connectivity index (χ0n) is 16.7. The van der Waals surface area contributed by atoms with Gasteiger partial charge in [0.25, 0.3) is 5.91 Å². The molecule has 1 amide bonds. The van der Waals surface area contributed by atoms with Gasteiger partial charge in [-0.15, -0.1) is 0 Å². The number of amides is 1. The summed E-state index contributed by atoms with van der Waals surface area (Å²) in [5, 5.41) is 21.6. The highest BCUT2D eigenvalue weighted by Crippen LogP contribution is 2.37. The van der Waals surface area contributed by atoms with Crippen LogP contribution in [0.5, 0.6) is 0 Å². The molecule has 0 spiro atoms. The Balaban J connectivity index is 1.84. The highest BCUT2D eigenvalue weighted by Gasteiger charge is 2.49. The molecular weight excluding hydrogens is 369 g/mol. The van der Waals surface area contributed by atoms with Gasteiger partial charge >= 0.3 is 0 Å². The van der Waals surface area contributed by atoms with E-state index >= 15 is 0 Å². The zero-order valence-corrected chi connectivity index (χ0v) is 16.7. The number of hydroxylamine groups is 1.